The predicted molar refractivity (Wildman–Crippen MR) is 141 cm³/mol. The summed E-state index contributed by atoms with van der Waals surface area (Å²) in [6, 6.07) is 12.1. The molecule has 2 atom stereocenters. The van der Waals surface area contributed by atoms with Crippen LogP contribution in [0.25, 0.3) is 0 Å². The molecular weight excluding hydrogens is 541 g/mol. The van der Waals surface area contributed by atoms with Crippen molar-refractivity contribution in [1.82, 2.24) is 15.1 Å². The molecule has 3 N–H and O–H groups in total. The zero-order valence-corrected chi connectivity index (χ0v) is 21.8. The minimum absolute atomic E-state index is 0.00929. The number of nitrogens with zero attached hydrogens (tertiary/aromatic N) is 3. The number of carbonyl (C=O) groups is 4. The number of carboxylic acids is 1. The number of carboxylic acid groups (broad SMARTS) is 1. The zero-order chi connectivity index (χ0) is 29.7. The molecule has 2 unspecified atom stereocenters. The van der Waals surface area contributed by atoms with Crippen molar-refractivity contribution < 1.29 is 38.0 Å². The maximum Gasteiger partial charge on any atom is 0.433 e. The van der Waals surface area contributed by atoms with Crippen LogP contribution in [0.2, 0.25) is 0 Å². The van der Waals surface area contributed by atoms with E-state index in [1.807, 2.05) is 0 Å². The average molecular weight is 568 g/mol. The van der Waals surface area contributed by atoms with Gasteiger partial charge in [-0.05, 0) is 43.2 Å². The van der Waals surface area contributed by atoms with Crippen LogP contribution in [-0.2, 0) is 9.59 Å². The van der Waals surface area contributed by atoms with E-state index in [2.05, 4.69) is 10.6 Å². The summed E-state index contributed by atoms with van der Waals surface area (Å²) in [4.78, 5) is 64.5. The second kappa shape index (κ2) is 12.3. The van der Waals surface area contributed by atoms with E-state index in [0.717, 1.165) is 33.6 Å². The Bertz CT molecular complexity index is 1490. The Balaban J connectivity index is 1.68. The van der Waals surface area contributed by atoms with Crippen LogP contribution in [0.5, 0.6) is 0 Å². The lowest BCUT2D eigenvalue weighted by molar-refractivity contribution is -0.402. The van der Waals surface area contributed by atoms with Gasteiger partial charge in [0.15, 0.2) is 11.9 Å². The highest BCUT2D eigenvalue weighted by Gasteiger charge is 2.42. The molecule has 41 heavy (non-hydrogen) atoms. The molecule has 3 aromatic rings. The number of nitro groups is 1. The molecule has 0 spiro atoms. The first-order valence-electron chi connectivity index (χ1n) is 12.5. The third-order valence-electron chi connectivity index (χ3n) is 6.34. The number of urea groups is 1. The fourth-order valence-corrected chi connectivity index (χ4v) is 4.54. The molecule has 1 saturated heterocycles. The zero-order valence-electron chi connectivity index (χ0n) is 21.8. The van der Waals surface area contributed by atoms with Gasteiger partial charge in [0, 0.05) is 18.8 Å². The summed E-state index contributed by atoms with van der Waals surface area (Å²) < 4.78 is 18.8. The Labute approximate surface area is 232 Å². The van der Waals surface area contributed by atoms with Crippen LogP contribution in [0.4, 0.5) is 20.8 Å². The summed E-state index contributed by atoms with van der Waals surface area (Å²) in [7, 11) is 0. The van der Waals surface area contributed by atoms with E-state index >= 15 is 0 Å². The average Bonchev–Trinajstić information content (AvgIpc) is 3.42. The number of anilines is 1. The third-order valence-corrected chi connectivity index (χ3v) is 6.34. The fourth-order valence-electron chi connectivity index (χ4n) is 4.54. The first-order valence-corrected chi connectivity index (χ1v) is 12.5. The molecule has 4 amide bonds. The standard InChI is InChI=1S/C27H26FN5O8/c1-16-5-2-6-17(13-16)20(15-23(34)35)30-24(36)25-31(26(37)21-9-10-22(41-21)33(39)40)11-4-12-32(25)27(38)29-19-8-3-7-18(28)14-19/h2-3,5-10,13-14,20,25H,4,11-12,15H2,1H3,(H,29,38)(H,30,36)(H,34,35). The number of halogens is 1. The Morgan fingerprint density at radius 2 is 1.83 bits per heavy atom. The van der Waals surface area contributed by atoms with E-state index in [9.17, 15) is 38.8 Å². The topological polar surface area (TPSA) is 175 Å². The summed E-state index contributed by atoms with van der Waals surface area (Å²) in [6.45, 7) is 1.78. The van der Waals surface area contributed by atoms with Crippen molar-refractivity contribution in [3.63, 3.8) is 0 Å². The number of furan rings is 1. The second-order valence-electron chi connectivity index (χ2n) is 9.33. The molecule has 0 bridgehead atoms. The van der Waals surface area contributed by atoms with Crippen molar-refractivity contribution in [3.05, 3.63) is 93.5 Å². The van der Waals surface area contributed by atoms with Crippen LogP contribution in [0.15, 0.2) is 65.1 Å². The normalized spacial score (nSPS) is 15.6. The van der Waals surface area contributed by atoms with Gasteiger partial charge in [-0.2, -0.15) is 0 Å². The highest BCUT2D eigenvalue weighted by molar-refractivity contribution is 5.99. The molecule has 2 heterocycles. The van der Waals surface area contributed by atoms with Gasteiger partial charge in [0.05, 0.1) is 18.5 Å². The molecule has 1 aromatic heterocycles. The minimum Gasteiger partial charge on any atom is -0.481 e. The van der Waals surface area contributed by atoms with Crippen LogP contribution in [-0.4, -0.2) is 62.9 Å². The van der Waals surface area contributed by atoms with Gasteiger partial charge in [-0.25, -0.2) is 9.18 Å². The molecule has 1 aliphatic rings. The van der Waals surface area contributed by atoms with E-state index in [1.54, 1.807) is 31.2 Å². The van der Waals surface area contributed by atoms with Gasteiger partial charge in [0.2, 0.25) is 0 Å². The highest BCUT2D eigenvalue weighted by atomic mass is 19.1. The lowest BCUT2D eigenvalue weighted by atomic mass is 10.0. The van der Waals surface area contributed by atoms with E-state index < -0.39 is 64.8 Å². The van der Waals surface area contributed by atoms with Gasteiger partial charge in [-0.1, -0.05) is 35.9 Å². The van der Waals surface area contributed by atoms with Crippen LogP contribution >= 0.6 is 0 Å². The Morgan fingerprint density at radius 3 is 2.49 bits per heavy atom. The first kappa shape index (κ1) is 28.7. The molecule has 13 nitrogen and oxygen atoms in total. The van der Waals surface area contributed by atoms with Crippen LogP contribution < -0.4 is 10.6 Å². The molecule has 1 aliphatic heterocycles. The molecule has 0 saturated carbocycles. The van der Waals surface area contributed by atoms with E-state index in [4.69, 9.17) is 4.42 Å². The van der Waals surface area contributed by atoms with E-state index in [1.165, 1.54) is 18.2 Å². The number of rotatable bonds is 8. The molecular formula is C27H26FN5O8. The first-order chi connectivity index (χ1) is 19.5. The van der Waals surface area contributed by atoms with Crippen molar-refractivity contribution >= 4 is 35.4 Å². The largest absolute Gasteiger partial charge is 0.481 e. The Kier molecular flexibility index (Phi) is 8.60. The van der Waals surface area contributed by atoms with Gasteiger partial charge < -0.3 is 25.1 Å². The summed E-state index contributed by atoms with van der Waals surface area (Å²) in [5.41, 5.74) is 1.41. The van der Waals surface area contributed by atoms with Gasteiger partial charge >= 0.3 is 17.9 Å². The fraction of sp³-hybridized carbons (Fsp3) is 0.259. The SMILES string of the molecule is Cc1cccc(C(CC(=O)O)NC(=O)C2N(C(=O)Nc3cccc(F)c3)CCCN2C(=O)c2ccc([N+](=O)[O-])o2)c1. The maximum absolute atomic E-state index is 13.8. The van der Waals surface area contributed by atoms with Crippen LogP contribution in [0.1, 0.15) is 40.6 Å². The minimum atomic E-state index is -1.60. The monoisotopic (exact) mass is 567 g/mol. The van der Waals surface area contributed by atoms with Crippen molar-refractivity contribution in [3.8, 4) is 0 Å². The number of hydrogen-bond acceptors (Lipinski definition) is 7. The summed E-state index contributed by atoms with van der Waals surface area (Å²) in [6.07, 6.45) is -1.86. The number of amides is 4. The molecule has 2 aromatic carbocycles. The number of aliphatic carboxylic acids is 1. The third kappa shape index (κ3) is 6.84. The molecule has 1 fully saturated rings. The second-order valence-corrected chi connectivity index (χ2v) is 9.33. The number of nitrogens with one attached hydrogen (secondary N) is 2. The number of carbonyl (C=O) groups excluding carboxylic acids is 3. The van der Waals surface area contributed by atoms with Crippen molar-refractivity contribution in [2.45, 2.75) is 32.0 Å². The summed E-state index contributed by atoms with van der Waals surface area (Å²) in [5.74, 6) is -4.69. The number of benzene rings is 2. The Morgan fingerprint density at radius 1 is 1.10 bits per heavy atom. The molecule has 4 rings (SSSR count). The number of hydrogen-bond donors (Lipinski definition) is 3. The number of aryl methyl sites for hydroxylation is 1. The van der Waals surface area contributed by atoms with Gasteiger partial charge in [-0.3, -0.25) is 29.4 Å². The molecule has 214 valence electrons. The summed E-state index contributed by atoms with van der Waals surface area (Å²) >= 11 is 0. The van der Waals surface area contributed by atoms with Crippen molar-refractivity contribution in [2.24, 2.45) is 0 Å². The van der Waals surface area contributed by atoms with Gasteiger partial charge in [-0.15, -0.1) is 0 Å². The molecule has 0 aliphatic carbocycles. The van der Waals surface area contributed by atoms with Gasteiger partial charge in [0.25, 0.3) is 11.8 Å². The molecule has 0 radical (unpaired) electrons. The van der Waals surface area contributed by atoms with Gasteiger partial charge in [0.1, 0.15) is 10.7 Å². The van der Waals surface area contributed by atoms with Crippen molar-refractivity contribution in [2.75, 3.05) is 18.4 Å². The highest BCUT2D eigenvalue weighted by Crippen LogP contribution is 2.25. The van der Waals surface area contributed by atoms with E-state index in [-0.39, 0.29) is 25.2 Å². The van der Waals surface area contributed by atoms with Crippen LogP contribution in [0.3, 0.4) is 0 Å². The van der Waals surface area contributed by atoms with E-state index in [0.29, 0.717) is 5.56 Å². The predicted octanol–water partition coefficient (Wildman–Crippen LogP) is 3.67. The van der Waals surface area contributed by atoms with Crippen molar-refractivity contribution in [1.29, 1.82) is 0 Å². The lowest BCUT2D eigenvalue weighted by Crippen LogP contribution is -2.64. The molecule has 14 heteroatoms. The smallest absolute Gasteiger partial charge is 0.433 e. The summed E-state index contributed by atoms with van der Waals surface area (Å²) in [5, 5.41) is 25.7. The Hall–Kier alpha value is -5.27. The maximum atomic E-state index is 13.8. The quantitative estimate of drug-likeness (QED) is 0.273. The van der Waals surface area contributed by atoms with Crippen LogP contribution in [0, 0.1) is 22.9 Å². The lowest BCUT2D eigenvalue weighted by Gasteiger charge is -2.42.